The van der Waals surface area contributed by atoms with E-state index in [9.17, 15) is 9.59 Å². The lowest BCUT2D eigenvalue weighted by Gasteiger charge is -2.10. The molecule has 0 atom stereocenters. The lowest BCUT2D eigenvalue weighted by molar-refractivity contribution is 0.188. The van der Waals surface area contributed by atoms with E-state index in [1.165, 1.54) is 11.6 Å². The minimum absolute atomic E-state index is 0.337. The molecule has 3 heterocycles. The Balaban J connectivity index is 2.45. The van der Waals surface area contributed by atoms with Gasteiger partial charge in [0.1, 0.15) is 0 Å². The molecule has 3 aromatic heterocycles. The number of methoxy groups -OCH3 is 1. The van der Waals surface area contributed by atoms with E-state index >= 15 is 0 Å². The number of nitrogens with zero attached hydrogens (tertiary/aromatic N) is 6. The first-order valence-electron chi connectivity index (χ1n) is 7.98. The minimum Gasteiger partial charge on any atom is -0.383 e. The van der Waals surface area contributed by atoms with Gasteiger partial charge in [0.25, 0.3) is 5.56 Å². The van der Waals surface area contributed by atoms with Crippen molar-refractivity contribution in [3.05, 3.63) is 37.8 Å². The molecule has 0 unspecified atom stereocenters. The molecule has 0 amide bonds. The molecule has 0 bridgehead atoms. The zero-order valence-corrected chi connectivity index (χ0v) is 15.3. The van der Waals surface area contributed by atoms with Gasteiger partial charge in [-0.15, -0.1) is 0 Å². The zero-order chi connectivity index (χ0) is 18.5. The van der Waals surface area contributed by atoms with Crippen LogP contribution in [0, 0.1) is 20.8 Å². The van der Waals surface area contributed by atoms with Crippen molar-refractivity contribution in [3.8, 4) is 5.95 Å². The highest BCUT2D eigenvalue weighted by molar-refractivity contribution is 5.72. The summed E-state index contributed by atoms with van der Waals surface area (Å²) in [5.74, 6) is 0.499. The van der Waals surface area contributed by atoms with Gasteiger partial charge in [-0.1, -0.05) is 0 Å². The van der Waals surface area contributed by atoms with Crippen LogP contribution in [0.2, 0.25) is 0 Å². The van der Waals surface area contributed by atoms with E-state index in [-0.39, 0.29) is 5.56 Å². The van der Waals surface area contributed by atoms with Crippen molar-refractivity contribution in [1.82, 2.24) is 28.5 Å². The van der Waals surface area contributed by atoms with E-state index in [4.69, 9.17) is 4.74 Å². The fourth-order valence-corrected chi connectivity index (χ4v) is 2.91. The first-order valence-corrected chi connectivity index (χ1v) is 7.98. The molecule has 0 aliphatic carbocycles. The number of hydrogen-bond acceptors (Lipinski definition) is 5. The predicted molar refractivity (Wildman–Crippen MR) is 93.4 cm³/mol. The fraction of sp³-hybridized carbons (Fsp3) is 0.500. The largest absolute Gasteiger partial charge is 0.383 e. The molecule has 3 rings (SSSR count). The van der Waals surface area contributed by atoms with Crippen molar-refractivity contribution in [2.24, 2.45) is 14.1 Å². The second-order valence-corrected chi connectivity index (χ2v) is 6.14. The van der Waals surface area contributed by atoms with Crippen molar-refractivity contribution in [2.75, 3.05) is 13.7 Å². The Morgan fingerprint density at radius 2 is 1.76 bits per heavy atom. The van der Waals surface area contributed by atoms with Crippen LogP contribution in [0.15, 0.2) is 9.59 Å². The third kappa shape index (κ3) is 2.42. The van der Waals surface area contributed by atoms with E-state index < -0.39 is 5.69 Å². The monoisotopic (exact) mass is 346 g/mol. The smallest absolute Gasteiger partial charge is 0.332 e. The highest BCUT2D eigenvalue weighted by atomic mass is 16.5. The first-order chi connectivity index (χ1) is 11.8. The predicted octanol–water partition coefficient (Wildman–Crippen LogP) is 0.191. The fourth-order valence-electron chi connectivity index (χ4n) is 2.91. The number of aryl methyl sites for hydroxylation is 2. The van der Waals surface area contributed by atoms with Crippen molar-refractivity contribution in [1.29, 1.82) is 0 Å². The van der Waals surface area contributed by atoms with Gasteiger partial charge in [0.15, 0.2) is 11.2 Å². The van der Waals surface area contributed by atoms with Crippen molar-refractivity contribution in [2.45, 2.75) is 27.3 Å². The maximum atomic E-state index is 12.7. The molecule has 0 aliphatic heterocycles. The minimum atomic E-state index is -0.412. The molecule has 0 fully saturated rings. The second-order valence-electron chi connectivity index (χ2n) is 6.14. The molecule has 9 heteroatoms. The number of hydrogen-bond donors (Lipinski definition) is 0. The molecular formula is C16H22N6O3. The van der Waals surface area contributed by atoms with Crippen LogP contribution >= 0.6 is 0 Å². The van der Waals surface area contributed by atoms with Crippen LogP contribution in [0.4, 0.5) is 0 Å². The summed E-state index contributed by atoms with van der Waals surface area (Å²) in [7, 11) is 4.67. The number of aromatic nitrogens is 6. The van der Waals surface area contributed by atoms with Crippen LogP contribution in [0.3, 0.4) is 0 Å². The molecule has 0 saturated carbocycles. The van der Waals surface area contributed by atoms with Crippen LogP contribution in [0.25, 0.3) is 17.1 Å². The Labute approximate surface area is 144 Å². The summed E-state index contributed by atoms with van der Waals surface area (Å²) >= 11 is 0. The van der Waals surface area contributed by atoms with Gasteiger partial charge in [0.05, 0.1) is 12.3 Å². The average molecular weight is 346 g/mol. The van der Waals surface area contributed by atoms with Crippen LogP contribution in [-0.2, 0) is 25.4 Å². The second kappa shape index (κ2) is 5.99. The number of ether oxygens (including phenoxy) is 1. The third-order valence-electron chi connectivity index (χ3n) is 4.69. The van der Waals surface area contributed by atoms with Gasteiger partial charge >= 0.3 is 5.69 Å². The standard InChI is InChI=1S/C16H22N6O3/c1-9-10(2)18-22(11(9)3)15-17-13-12(21(15)7-8-25-6)14(23)20(5)16(24)19(13)4/h7-8H2,1-6H3. The molecule has 3 aromatic rings. The summed E-state index contributed by atoms with van der Waals surface area (Å²) in [5.41, 5.74) is 2.80. The number of imidazole rings is 1. The molecule has 0 saturated heterocycles. The molecule has 0 N–H and O–H groups in total. The average Bonchev–Trinajstić information content (AvgIpc) is 3.09. The SMILES string of the molecule is COCCn1c(-n2nc(C)c(C)c2C)nc2c1c(=O)n(C)c(=O)n2C. The van der Waals surface area contributed by atoms with Crippen LogP contribution in [0.1, 0.15) is 17.0 Å². The Kier molecular flexibility index (Phi) is 4.11. The van der Waals surface area contributed by atoms with E-state index in [1.807, 2.05) is 20.8 Å². The van der Waals surface area contributed by atoms with Crippen LogP contribution in [-0.4, -0.2) is 42.2 Å². The molecular weight excluding hydrogens is 324 g/mol. The van der Waals surface area contributed by atoms with Gasteiger partial charge in [0.2, 0.25) is 5.95 Å². The molecule has 0 radical (unpaired) electrons. The zero-order valence-electron chi connectivity index (χ0n) is 15.3. The molecule has 0 aromatic carbocycles. The van der Waals surface area contributed by atoms with Crippen molar-refractivity contribution < 1.29 is 4.74 Å². The highest BCUT2D eigenvalue weighted by Crippen LogP contribution is 2.19. The maximum Gasteiger partial charge on any atom is 0.332 e. The summed E-state index contributed by atoms with van der Waals surface area (Å²) in [6, 6.07) is 0. The Bertz CT molecular complexity index is 1080. The maximum absolute atomic E-state index is 12.7. The van der Waals surface area contributed by atoms with Gasteiger partial charge in [-0.2, -0.15) is 10.1 Å². The lowest BCUT2D eigenvalue weighted by Crippen LogP contribution is -2.37. The highest BCUT2D eigenvalue weighted by Gasteiger charge is 2.22. The van der Waals surface area contributed by atoms with Gasteiger partial charge in [0, 0.05) is 33.4 Å². The van der Waals surface area contributed by atoms with Crippen LogP contribution < -0.4 is 11.2 Å². The molecule has 0 spiro atoms. The van der Waals surface area contributed by atoms with Crippen molar-refractivity contribution in [3.63, 3.8) is 0 Å². The summed E-state index contributed by atoms with van der Waals surface area (Å²) in [6.07, 6.45) is 0. The quantitative estimate of drug-likeness (QED) is 0.673. The van der Waals surface area contributed by atoms with E-state index in [0.717, 1.165) is 21.5 Å². The Hall–Kier alpha value is -2.68. The molecule has 134 valence electrons. The summed E-state index contributed by atoms with van der Waals surface area (Å²) < 4.78 is 11.1. The van der Waals surface area contributed by atoms with E-state index in [2.05, 4.69) is 10.1 Å². The topological polar surface area (TPSA) is 88.9 Å². The summed E-state index contributed by atoms with van der Waals surface area (Å²) in [5, 5.41) is 4.54. The van der Waals surface area contributed by atoms with E-state index in [0.29, 0.717) is 30.3 Å². The Morgan fingerprint density at radius 1 is 1.08 bits per heavy atom. The number of rotatable bonds is 4. The summed E-state index contributed by atoms with van der Waals surface area (Å²) in [4.78, 5) is 29.5. The van der Waals surface area contributed by atoms with Crippen LogP contribution in [0.5, 0.6) is 0 Å². The lowest BCUT2D eigenvalue weighted by atomic mass is 10.2. The van der Waals surface area contributed by atoms with E-state index in [1.54, 1.807) is 23.4 Å². The van der Waals surface area contributed by atoms with Gasteiger partial charge in [-0.25, -0.2) is 9.48 Å². The molecule has 25 heavy (non-hydrogen) atoms. The molecule has 0 aliphatic rings. The first kappa shape index (κ1) is 17.2. The third-order valence-corrected chi connectivity index (χ3v) is 4.69. The van der Waals surface area contributed by atoms with Gasteiger partial charge in [-0.3, -0.25) is 13.9 Å². The summed E-state index contributed by atoms with van der Waals surface area (Å²) in [6.45, 7) is 6.70. The van der Waals surface area contributed by atoms with Gasteiger partial charge < -0.3 is 9.30 Å². The Morgan fingerprint density at radius 3 is 2.32 bits per heavy atom. The normalized spacial score (nSPS) is 11.6. The van der Waals surface area contributed by atoms with Gasteiger partial charge in [-0.05, 0) is 26.3 Å². The number of fused-ring (bicyclic) bond motifs is 1. The van der Waals surface area contributed by atoms with Crippen molar-refractivity contribution >= 4 is 11.2 Å². The molecule has 9 nitrogen and oxygen atoms in total.